The molecule has 2 aliphatic rings. The zero-order valence-corrected chi connectivity index (χ0v) is 20.7. The van der Waals surface area contributed by atoms with E-state index in [4.69, 9.17) is 9.47 Å². The SMILES string of the molecule is COCCCCN1CCN(C(=O)c2cc3c(cc2C)[nH]c(=O)c2cnn(C4CCOCC4)c23)CC1. The Kier molecular flexibility index (Phi) is 7.17. The highest BCUT2D eigenvalue weighted by Gasteiger charge is 2.25. The standard InChI is InChI=1S/C26H35N5O4/c1-18-15-23-21(24-22(25(32)28-23)17-27-31(24)19-5-13-35-14-6-19)16-20(18)26(33)30-10-8-29(9-11-30)7-3-4-12-34-2/h15-17,19H,3-14H2,1-2H3,(H,28,32). The van der Waals surface area contributed by atoms with Gasteiger partial charge >= 0.3 is 0 Å². The molecule has 0 bridgehead atoms. The summed E-state index contributed by atoms with van der Waals surface area (Å²) in [5, 5.41) is 6.03. The number of benzene rings is 1. The number of rotatable bonds is 7. The number of methoxy groups -OCH3 is 1. The fourth-order valence-corrected chi connectivity index (χ4v) is 5.36. The number of carbonyl (C=O) groups is 1. The molecule has 0 radical (unpaired) electrons. The highest BCUT2D eigenvalue weighted by molar-refractivity contribution is 6.07. The van der Waals surface area contributed by atoms with E-state index in [0.717, 1.165) is 87.0 Å². The van der Waals surface area contributed by atoms with Gasteiger partial charge in [0.15, 0.2) is 0 Å². The number of unbranched alkanes of at least 4 members (excludes halogenated alkanes) is 1. The molecule has 1 amide bonds. The van der Waals surface area contributed by atoms with Crippen molar-refractivity contribution in [3.63, 3.8) is 0 Å². The van der Waals surface area contributed by atoms with Crippen LogP contribution in [0.15, 0.2) is 23.1 Å². The molecule has 0 unspecified atom stereocenters. The number of hydrogen-bond acceptors (Lipinski definition) is 6. The number of fused-ring (bicyclic) bond motifs is 3. The normalized spacial score (nSPS) is 18.1. The summed E-state index contributed by atoms with van der Waals surface area (Å²) in [4.78, 5) is 33.7. The number of pyridine rings is 1. The van der Waals surface area contributed by atoms with Crippen LogP contribution < -0.4 is 5.56 Å². The fraction of sp³-hybridized carbons (Fsp3) is 0.577. The van der Waals surface area contributed by atoms with Crippen molar-refractivity contribution in [1.29, 1.82) is 0 Å². The van der Waals surface area contributed by atoms with Gasteiger partial charge in [-0.15, -0.1) is 0 Å². The Morgan fingerprint density at radius 2 is 1.91 bits per heavy atom. The van der Waals surface area contributed by atoms with Crippen LogP contribution in [0.5, 0.6) is 0 Å². The van der Waals surface area contributed by atoms with Crippen LogP contribution >= 0.6 is 0 Å². The summed E-state index contributed by atoms with van der Waals surface area (Å²) in [6.45, 7) is 8.38. The predicted octanol–water partition coefficient (Wildman–Crippen LogP) is 2.72. The number of hydrogen-bond donors (Lipinski definition) is 1. The van der Waals surface area contributed by atoms with Crippen molar-refractivity contribution in [1.82, 2.24) is 24.6 Å². The van der Waals surface area contributed by atoms with E-state index in [1.807, 2.05) is 28.6 Å². The second-order valence-electron chi connectivity index (χ2n) is 9.70. The van der Waals surface area contributed by atoms with E-state index >= 15 is 0 Å². The molecule has 35 heavy (non-hydrogen) atoms. The molecule has 1 aromatic carbocycles. The van der Waals surface area contributed by atoms with Crippen LogP contribution in [0.3, 0.4) is 0 Å². The smallest absolute Gasteiger partial charge is 0.259 e. The number of aromatic nitrogens is 3. The van der Waals surface area contributed by atoms with E-state index in [2.05, 4.69) is 15.0 Å². The largest absolute Gasteiger partial charge is 0.385 e. The summed E-state index contributed by atoms with van der Waals surface area (Å²) in [6.07, 6.45) is 5.54. The van der Waals surface area contributed by atoms with Crippen LogP contribution in [0.25, 0.3) is 21.8 Å². The summed E-state index contributed by atoms with van der Waals surface area (Å²) >= 11 is 0. The molecule has 9 heteroatoms. The highest BCUT2D eigenvalue weighted by atomic mass is 16.5. The van der Waals surface area contributed by atoms with Gasteiger partial charge in [0.25, 0.3) is 11.5 Å². The number of nitrogens with zero attached hydrogens (tertiary/aromatic N) is 4. The van der Waals surface area contributed by atoms with Gasteiger partial charge in [0, 0.05) is 64.1 Å². The first-order valence-electron chi connectivity index (χ1n) is 12.7. The maximum absolute atomic E-state index is 13.6. The van der Waals surface area contributed by atoms with Crippen molar-refractivity contribution in [2.45, 2.75) is 38.6 Å². The van der Waals surface area contributed by atoms with Gasteiger partial charge in [-0.05, 0) is 56.8 Å². The second-order valence-corrected chi connectivity index (χ2v) is 9.70. The van der Waals surface area contributed by atoms with Crippen molar-refractivity contribution in [2.75, 3.05) is 59.7 Å². The molecule has 2 saturated heterocycles. The molecule has 1 N–H and O–H groups in total. The molecule has 188 valence electrons. The Labute approximate surface area is 205 Å². The first-order chi connectivity index (χ1) is 17.1. The van der Waals surface area contributed by atoms with Gasteiger partial charge in [-0.1, -0.05) is 0 Å². The van der Waals surface area contributed by atoms with Crippen LogP contribution in [0.2, 0.25) is 0 Å². The zero-order valence-electron chi connectivity index (χ0n) is 20.7. The van der Waals surface area contributed by atoms with Gasteiger partial charge in [0.2, 0.25) is 0 Å². The number of carbonyl (C=O) groups excluding carboxylic acids is 1. The van der Waals surface area contributed by atoms with Crippen LogP contribution in [0.4, 0.5) is 0 Å². The Balaban J connectivity index is 1.42. The molecule has 2 fully saturated rings. The molecule has 3 aromatic rings. The van der Waals surface area contributed by atoms with Crippen LogP contribution in [-0.2, 0) is 9.47 Å². The van der Waals surface area contributed by atoms with Gasteiger partial charge in [-0.3, -0.25) is 19.2 Å². The quantitative estimate of drug-likeness (QED) is 0.522. The molecule has 2 aliphatic heterocycles. The maximum atomic E-state index is 13.6. The van der Waals surface area contributed by atoms with Gasteiger partial charge in [0.1, 0.15) is 0 Å². The van der Waals surface area contributed by atoms with Gasteiger partial charge in [0.05, 0.1) is 28.7 Å². The van der Waals surface area contributed by atoms with Crippen LogP contribution in [-0.4, -0.2) is 90.1 Å². The lowest BCUT2D eigenvalue weighted by molar-refractivity contribution is 0.0632. The predicted molar refractivity (Wildman–Crippen MR) is 135 cm³/mol. The van der Waals surface area contributed by atoms with Crippen LogP contribution in [0.1, 0.15) is 47.6 Å². The van der Waals surface area contributed by atoms with E-state index in [1.165, 1.54) is 0 Å². The first-order valence-corrected chi connectivity index (χ1v) is 12.7. The van der Waals surface area contributed by atoms with Gasteiger partial charge in [-0.2, -0.15) is 5.10 Å². The summed E-state index contributed by atoms with van der Waals surface area (Å²) in [6, 6.07) is 4.07. The summed E-state index contributed by atoms with van der Waals surface area (Å²) in [5.74, 6) is 0.0555. The van der Waals surface area contributed by atoms with E-state index in [-0.39, 0.29) is 17.5 Å². The average molecular weight is 482 g/mol. The van der Waals surface area contributed by atoms with E-state index in [0.29, 0.717) is 24.2 Å². The number of piperazine rings is 1. The fourth-order valence-electron chi connectivity index (χ4n) is 5.36. The molecule has 5 rings (SSSR count). The van der Waals surface area contributed by atoms with Crippen molar-refractivity contribution in [3.05, 3.63) is 39.8 Å². The Bertz CT molecular complexity index is 1250. The Morgan fingerprint density at radius 3 is 2.66 bits per heavy atom. The Morgan fingerprint density at radius 1 is 1.14 bits per heavy atom. The van der Waals surface area contributed by atoms with Crippen molar-refractivity contribution < 1.29 is 14.3 Å². The van der Waals surface area contributed by atoms with Crippen LogP contribution in [0, 0.1) is 6.92 Å². The average Bonchev–Trinajstić information content (AvgIpc) is 3.33. The number of H-pyrrole nitrogens is 1. The topological polar surface area (TPSA) is 92.7 Å². The number of amides is 1. The molecular formula is C26H35N5O4. The zero-order chi connectivity index (χ0) is 24.4. The molecule has 0 atom stereocenters. The summed E-state index contributed by atoms with van der Waals surface area (Å²) in [7, 11) is 1.74. The minimum Gasteiger partial charge on any atom is -0.385 e. The van der Waals surface area contributed by atoms with E-state index in [1.54, 1.807) is 13.3 Å². The number of nitrogens with one attached hydrogen (secondary N) is 1. The first kappa shape index (κ1) is 24.0. The van der Waals surface area contributed by atoms with E-state index < -0.39 is 0 Å². The third kappa shape index (κ3) is 4.85. The van der Waals surface area contributed by atoms with E-state index in [9.17, 15) is 9.59 Å². The second kappa shape index (κ2) is 10.5. The molecule has 0 saturated carbocycles. The minimum absolute atomic E-state index is 0.0555. The van der Waals surface area contributed by atoms with Gasteiger partial charge < -0.3 is 19.4 Å². The van der Waals surface area contributed by atoms with Crippen molar-refractivity contribution in [2.24, 2.45) is 0 Å². The molecular weight excluding hydrogens is 446 g/mol. The number of aryl methyl sites for hydroxylation is 1. The lowest BCUT2D eigenvalue weighted by Crippen LogP contribution is -2.49. The molecule has 0 aliphatic carbocycles. The molecule has 9 nitrogen and oxygen atoms in total. The molecule has 0 spiro atoms. The van der Waals surface area contributed by atoms with Crippen molar-refractivity contribution in [3.8, 4) is 0 Å². The molecule has 2 aromatic heterocycles. The lowest BCUT2D eigenvalue weighted by Gasteiger charge is -2.35. The maximum Gasteiger partial charge on any atom is 0.259 e. The monoisotopic (exact) mass is 481 g/mol. The number of aromatic amines is 1. The highest BCUT2D eigenvalue weighted by Crippen LogP contribution is 2.30. The Hall–Kier alpha value is -2.75. The minimum atomic E-state index is -0.147. The lowest BCUT2D eigenvalue weighted by atomic mass is 10.0. The van der Waals surface area contributed by atoms with Gasteiger partial charge in [-0.25, -0.2) is 0 Å². The molecule has 4 heterocycles. The number of ether oxygens (including phenoxy) is 2. The summed E-state index contributed by atoms with van der Waals surface area (Å²) < 4.78 is 12.6. The third-order valence-electron chi connectivity index (χ3n) is 7.41. The summed E-state index contributed by atoms with van der Waals surface area (Å²) in [5.41, 5.74) is 2.97. The third-order valence-corrected chi connectivity index (χ3v) is 7.41. The van der Waals surface area contributed by atoms with Crippen molar-refractivity contribution >= 4 is 27.7 Å².